The molecule has 2 aliphatic rings. The molecule has 0 aliphatic carbocycles. The number of benzene rings is 3. The Balaban J connectivity index is 1.17. The molecule has 0 aromatic heterocycles. The minimum absolute atomic E-state index is 0.259. The predicted octanol–water partition coefficient (Wildman–Crippen LogP) is 5.47. The van der Waals surface area contributed by atoms with Crippen LogP contribution < -0.4 is 14.7 Å². The molecule has 5 rings (SSSR count). The Morgan fingerprint density at radius 1 is 0.703 bits per heavy atom. The van der Waals surface area contributed by atoms with Gasteiger partial charge in [-0.1, -0.05) is 24.3 Å². The molecule has 0 spiro atoms. The molecule has 3 aromatic rings. The van der Waals surface area contributed by atoms with E-state index < -0.39 is 0 Å². The number of ether oxygens (including phenoxy) is 2. The predicted molar refractivity (Wildman–Crippen MR) is 151 cm³/mol. The number of carbonyl (C=O) groups is 1. The van der Waals surface area contributed by atoms with Crippen LogP contribution in [0.3, 0.4) is 0 Å². The molecule has 0 N–H and O–H groups in total. The van der Waals surface area contributed by atoms with Crippen molar-refractivity contribution < 1.29 is 14.3 Å². The zero-order valence-corrected chi connectivity index (χ0v) is 22.1. The van der Waals surface area contributed by atoms with Gasteiger partial charge in [0, 0.05) is 56.3 Å². The summed E-state index contributed by atoms with van der Waals surface area (Å²) in [6.07, 6.45) is 0.518. The number of nitrogens with zero attached hydrogens (tertiary/aromatic N) is 3. The van der Waals surface area contributed by atoms with E-state index in [2.05, 4.69) is 77.1 Å². The maximum Gasteiger partial charge on any atom is 0.338 e. The third-order valence-corrected chi connectivity index (χ3v) is 7.24. The number of anilines is 3. The highest BCUT2D eigenvalue weighted by Crippen LogP contribution is 2.28. The number of rotatable bonds is 6. The van der Waals surface area contributed by atoms with E-state index in [9.17, 15) is 4.79 Å². The van der Waals surface area contributed by atoms with Gasteiger partial charge in [-0.3, -0.25) is 0 Å². The molecule has 6 nitrogen and oxygen atoms in total. The molecule has 194 valence electrons. The highest BCUT2D eigenvalue weighted by atomic mass is 16.5. The number of piperazine rings is 1. The fraction of sp³-hybridized carbons (Fsp3) is 0.387. The van der Waals surface area contributed by atoms with Crippen LogP contribution in [-0.4, -0.2) is 64.1 Å². The topological polar surface area (TPSA) is 45.2 Å². The lowest BCUT2D eigenvalue weighted by atomic mass is 10.0. The summed E-state index contributed by atoms with van der Waals surface area (Å²) in [5, 5.41) is 0. The van der Waals surface area contributed by atoms with E-state index in [0.29, 0.717) is 12.2 Å². The van der Waals surface area contributed by atoms with E-state index in [0.717, 1.165) is 45.0 Å². The fourth-order valence-electron chi connectivity index (χ4n) is 5.36. The van der Waals surface area contributed by atoms with Crippen LogP contribution in [0.2, 0.25) is 0 Å². The highest BCUT2D eigenvalue weighted by Gasteiger charge is 2.22. The minimum atomic E-state index is -0.264. The van der Waals surface area contributed by atoms with Crippen LogP contribution in [0.4, 0.5) is 17.1 Å². The van der Waals surface area contributed by atoms with Gasteiger partial charge in [0.25, 0.3) is 0 Å². The maximum atomic E-state index is 11.9. The van der Waals surface area contributed by atoms with Gasteiger partial charge in [-0.2, -0.15) is 0 Å². The molecule has 2 heterocycles. The number of esters is 1. The molecule has 6 heteroatoms. The molecule has 0 bridgehead atoms. The summed E-state index contributed by atoms with van der Waals surface area (Å²) in [6, 6.07) is 25.6. The Labute approximate surface area is 220 Å². The normalized spacial score (nSPS) is 20.1. The summed E-state index contributed by atoms with van der Waals surface area (Å²) < 4.78 is 11.0. The van der Waals surface area contributed by atoms with Gasteiger partial charge in [-0.25, -0.2) is 4.79 Å². The smallest absolute Gasteiger partial charge is 0.338 e. The van der Waals surface area contributed by atoms with Crippen molar-refractivity contribution in [2.24, 2.45) is 0 Å². The third kappa shape index (κ3) is 5.91. The molecule has 2 fully saturated rings. The zero-order chi connectivity index (χ0) is 25.8. The minimum Gasteiger partial charge on any atom is -0.462 e. The van der Waals surface area contributed by atoms with Crippen LogP contribution in [0.1, 0.15) is 31.1 Å². The van der Waals surface area contributed by atoms with Crippen LogP contribution in [0.25, 0.3) is 11.1 Å². The van der Waals surface area contributed by atoms with Gasteiger partial charge in [0.2, 0.25) is 0 Å². The molecular formula is C31H37N3O3. The number of morpholine rings is 1. The van der Waals surface area contributed by atoms with Crippen LogP contribution in [-0.2, 0) is 9.47 Å². The first-order valence-electron chi connectivity index (χ1n) is 13.4. The van der Waals surface area contributed by atoms with Gasteiger partial charge >= 0.3 is 5.97 Å². The van der Waals surface area contributed by atoms with Crippen molar-refractivity contribution in [3.05, 3.63) is 78.4 Å². The average Bonchev–Trinajstić information content (AvgIpc) is 2.93. The van der Waals surface area contributed by atoms with Gasteiger partial charge in [-0.15, -0.1) is 0 Å². The number of carbonyl (C=O) groups excluding carboxylic acids is 1. The fourth-order valence-corrected chi connectivity index (χ4v) is 5.36. The van der Waals surface area contributed by atoms with E-state index in [4.69, 9.17) is 9.47 Å². The molecular weight excluding hydrogens is 462 g/mol. The Hall–Kier alpha value is -3.51. The molecule has 0 amide bonds. The largest absolute Gasteiger partial charge is 0.462 e. The summed E-state index contributed by atoms with van der Waals surface area (Å²) >= 11 is 0. The second kappa shape index (κ2) is 11.3. The number of hydrogen-bond acceptors (Lipinski definition) is 6. The van der Waals surface area contributed by atoms with Crippen LogP contribution in [0, 0.1) is 0 Å². The van der Waals surface area contributed by atoms with Crippen molar-refractivity contribution in [3.8, 4) is 11.1 Å². The molecule has 3 aromatic carbocycles. The lowest BCUT2D eigenvalue weighted by molar-refractivity contribution is -0.00522. The zero-order valence-electron chi connectivity index (χ0n) is 22.1. The Morgan fingerprint density at radius 3 is 1.54 bits per heavy atom. The first-order valence-corrected chi connectivity index (χ1v) is 13.4. The van der Waals surface area contributed by atoms with Gasteiger partial charge < -0.3 is 24.2 Å². The Morgan fingerprint density at radius 2 is 1.11 bits per heavy atom. The summed E-state index contributed by atoms with van der Waals surface area (Å²) in [5.74, 6) is -0.264. The van der Waals surface area contributed by atoms with Gasteiger partial charge in [0.15, 0.2) is 0 Å². The first kappa shape index (κ1) is 25.2. The molecule has 2 unspecified atom stereocenters. The summed E-state index contributed by atoms with van der Waals surface area (Å²) in [4.78, 5) is 19.1. The van der Waals surface area contributed by atoms with Crippen molar-refractivity contribution in [2.45, 2.75) is 33.0 Å². The Bertz CT molecular complexity index is 1160. The molecule has 37 heavy (non-hydrogen) atoms. The first-order chi connectivity index (χ1) is 18.0. The second-order valence-electron chi connectivity index (χ2n) is 10.00. The van der Waals surface area contributed by atoms with Crippen molar-refractivity contribution >= 4 is 23.0 Å². The second-order valence-corrected chi connectivity index (χ2v) is 10.00. The lowest BCUT2D eigenvalue weighted by Crippen LogP contribution is -2.46. The quantitative estimate of drug-likeness (QED) is 0.419. The highest BCUT2D eigenvalue weighted by molar-refractivity contribution is 5.89. The van der Waals surface area contributed by atoms with Crippen molar-refractivity contribution in [2.75, 3.05) is 60.6 Å². The van der Waals surface area contributed by atoms with Crippen LogP contribution >= 0.6 is 0 Å². The molecule has 0 saturated carbocycles. The molecule has 2 saturated heterocycles. The van der Waals surface area contributed by atoms with Crippen LogP contribution in [0.15, 0.2) is 72.8 Å². The van der Waals surface area contributed by atoms with Crippen molar-refractivity contribution in [1.29, 1.82) is 0 Å². The monoisotopic (exact) mass is 499 g/mol. The average molecular weight is 500 g/mol. The van der Waals surface area contributed by atoms with E-state index in [1.807, 2.05) is 31.2 Å². The lowest BCUT2D eigenvalue weighted by Gasteiger charge is -2.37. The van der Waals surface area contributed by atoms with Crippen molar-refractivity contribution in [1.82, 2.24) is 0 Å². The third-order valence-electron chi connectivity index (χ3n) is 7.24. The molecule has 0 radical (unpaired) electrons. The Kier molecular flexibility index (Phi) is 7.65. The standard InChI is InChI=1S/C31H37N3O3/c1-4-36-31(35)27-9-15-29(16-10-27)33-19-17-32(18-20-33)28-11-5-25(6-12-28)26-7-13-30(14-8-26)34-21-23(2)37-24(3)22-34/h5-16,23-24H,4,17-22H2,1-3H3. The van der Waals surface area contributed by atoms with Gasteiger partial charge in [0.05, 0.1) is 24.4 Å². The van der Waals surface area contributed by atoms with E-state index in [-0.39, 0.29) is 18.2 Å². The van der Waals surface area contributed by atoms with E-state index in [1.165, 1.54) is 22.5 Å². The summed E-state index contributed by atoms with van der Waals surface area (Å²) in [6.45, 7) is 12.2. The van der Waals surface area contributed by atoms with Crippen molar-refractivity contribution in [3.63, 3.8) is 0 Å². The summed E-state index contributed by atoms with van der Waals surface area (Å²) in [5.41, 5.74) is 6.74. The van der Waals surface area contributed by atoms with Crippen LogP contribution in [0.5, 0.6) is 0 Å². The van der Waals surface area contributed by atoms with E-state index in [1.54, 1.807) is 0 Å². The van der Waals surface area contributed by atoms with Gasteiger partial charge in [-0.05, 0) is 80.4 Å². The van der Waals surface area contributed by atoms with E-state index >= 15 is 0 Å². The van der Waals surface area contributed by atoms with Gasteiger partial charge in [0.1, 0.15) is 0 Å². The molecule has 2 aliphatic heterocycles. The maximum absolute atomic E-state index is 11.9. The SMILES string of the molecule is CCOC(=O)c1ccc(N2CCN(c3ccc(-c4ccc(N5CC(C)OC(C)C5)cc4)cc3)CC2)cc1. The molecule has 2 atom stereocenters. The number of hydrogen-bond donors (Lipinski definition) is 0. The summed E-state index contributed by atoms with van der Waals surface area (Å²) in [7, 11) is 0.